The lowest BCUT2D eigenvalue weighted by molar-refractivity contribution is -0.130. The van der Waals surface area contributed by atoms with Crippen LogP contribution in [0.1, 0.15) is 34.8 Å². The number of nitrogens with zero attached hydrogens (tertiary/aromatic N) is 1. The van der Waals surface area contributed by atoms with Crippen molar-refractivity contribution >= 4 is 27.7 Å². The molecule has 0 saturated heterocycles. The molecule has 0 bridgehead atoms. The molecule has 1 amide bonds. The van der Waals surface area contributed by atoms with E-state index in [9.17, 15) is 13.6 Å². The van der Waals surface area contributed by atoms with Gasteiger partial charge < -0.3 is 14.6 Å². The summed E-state index contributed by atoms with van der Waals surface area (Å²) in [4.78, 5) is 19.6. The van der Waals surface area contributed by atoms with Gasteiger partial charge in [0.05, 0.1) is 6.61 Å². The van der Waals surface area contributed by atoms with Gasteiger partial charge in [-0.2, -0.15) is 0 Å². The Morgan fingerprint density at radius 3 is 2.27 bits per heavy atom. The third-order valence-electron chi connectivity index (χ3n) is 8.25. The summed E-state index contributed by atoms with van der Waals surface area (Å²) < 4.78 is 40.6. The number of halogens is 3. The molecule has 0 unspecified atom stereocenters. The maximum absolute atomic E-state index is 14.5. The van der Waals surface area contributed by atoms with Gasteiger partial charge in [-0.3, -0.25) is 10.2 Å². The summed E-state index contributed by atoms with van der Waals surface area (Å²) in [6.07, 6.45) is -0.159. The van der Waals surface area contributed by atoms with Crippen LogP contribution >= 0.6 is 15.9 Å². The van der Waals surface area contributed by atoms with Crippen molar-refractivity contribution in [2.24, 2.45) is 4.99 Å². The van der Waals surface area contributed by atoms with E-state index >= 15 is 0 Å². The Morgan fingerprint density at radius 1 is 0.857 bits per heavy atom. The Balaban J connectivity index is 1.38. The minimum atomic E-state index is -1.50. The van der Waals surface area contributed by atoms with Gasteiger partial charge in [0, 0.05) is 36.0 Å². The summed E-state index contributed by atoms with van der Waals surface area (Å²) in [6.45, 7) is 0.453. The molecule has 1 aliphatic heterocycles. The van der Waals surface area contributed by atoms with E-state index in [1.807, 2.05) is 91.0 Å². The first-order valence-corrected chi connectivity index (χ1v) is 16.6. The van der Waals surface area contributed by atoms with Crippen molar-refractivity contribution in [3.8, 4) is 16.9 Å². The van der Waals surface area contributed by atoms with E-state index in [2.05, 4.69) is 26.8 Å². The highest BCUT2D eigenvalue weighted by atomic mass is 79.9. The predicted molar refractivity (Wildman–Crippen MR) is 188 cm³/mol. The van der Waals surface area contributed by atoms with E-state index in [4.69, 9.17) is 19.6 Å². The lowest BCUT2D eigenvalue weighted by Gasteiger charge is -2.31. The SMILES string of the molecule is O=C(NNCc1ccc(F)c(F)c1)[C@@]1(Cc2ccccc2Br)N=C(c2ccc(OCCCO)cc2)O[C@H]1c1ccc(-c2ccccc2)cc1. The van der Waals surface area contributed by atoms with Crippen molar-refractivity contribution in [1.29, 1.82) is 0 Å². The fraction of sp³-hybridized carbons (Fsp3) is 0.179. The molecule has 6 rings (SSSR count). The Hall–Kier alpha value is -4.90. The van der Waals surface area contributed by atoms with E-state index in [1.54, 1.807) is 12.1 Å². The van der Waals surface area contributed by atoms with Gasteiger partial charge in [-0.25, -0.2) is 19.2 Å². The van der Waals surface area contributed by atoms with Crippen molar-refractivity contribution in [3.63, 3.8) is 0 Å². The molecule has 2 atom stereocenters. The maximum Gasteiger partial charge on any atom is 0.266 e. The molecular formula is C39H34BrF2N3O4. The predicted octanol–water partition coefficient (Wildman–Crippen LogP) is 7.48. The fourth-order valence-electron chi connectivity index (χ4n) is 5.68. The molecule has 0 radical (unpaired) electrons. The average Bonchev–Trinajstić information content (AvgIpc) is 3.52. The number of hydrogen-bond donors (Lipinski definition) is 3. The second kappa shape index (κ2) is 15.5. The Morgan fingerprint density at radius 2 is 1.55 bits per heavy atom. The molecule has 250 valence electrons. The zero-order valence-electron chi connectivity index (χ0n) is 26.4. The highest BCUT2D eigenvalue weighted by Crippen LogP contribution is 2.43. The minimum Gasteiger partial charge on any atom is -0.494 e. The lowest BCUT2D eigenvalue weighted by atomic mass is 9.82. The third kappa shape index (κ3) is 7.88. The van der Waals surface area contributed by atoms with Gasteiger partial charge in [0.15, 0.2) is 23.3 Å². The zero-order valence-corrected chi connectivity index (χ0v) is 28.0. The van der Waals surface area contributed by atoms with Crippen LogP contribution in [0.4, 0.5) is 8.78 Å². The van der Waals surface area contributed by atoms with E-state index in [0.717, 1.165) is 38.9 Å². The summed E-state index contributed by atoms with van der Waals surface area (Å²) >= 11 is 3.65. The topological polar surface area (TPSA) is 92.2 Å². The highest BCUT2D eigenvalue weighted by Gasteiger charge is 2.53. The number of rotatable bonds is 13. The number of benzene rings is 5. The van der Waals surface area contributed by atoms with Gasteiger partial charge in [-0.15, -0.1) is 0 Å². The van der Waals surface area contributed by atoms with Crippen LogP contribution in [0, 0.1) is 11.6 Å². The summed E-state index contributed by atoms with van der Waals surface area (Å²) in [7, 11) is 0. The normalized spacial score (nSPS) is 16.9. The molecule has 0 spiro atoms. The molecule has 0 fully saturated rings. The van der Waals surface area contributed by atoms with Crippen LogP contribution in [0.2, 0.25) is 0 Å². The molecule has 0 saturated carbocycles. The van der Waals surface area contributed by atoms with E-state index < -0.39 is 29.2 Å². The first kappa shape index (κ1) is 34.0. The average molecular weight is 727 g/mol. The standard InChI is InChI=1S/C39H34BrF2N3O4/c40-33-10-5-4-9-31(33)24-39(38(47)45-43-25-26-11-20-34(41)35(42)23-26)36(29-14-12-28(13-15-29)27-7-2-1-3-8-27)49-37(44-39)30-16-18-32(19-17-30)48-22-6-21-46/h1-5,7-20,23,36,43,46H,6,21-22,24-25H2,(H,45,47)/t36-,39-/m0/s1. The molecular weight excluding hydrogens is 692 g/mol. The maximum atomic E-state index is 14.5. The number of ether oxygens (including phenoxy) is 2. The Bertz CT molecular complexity index is 1920. The van der Waals surface area contributed by atoms with Crippen LogP contribution in [0.5, 0.6) is 5.75 Å². The number of aliphatic hydroxyl groups excluding tert-OH is 1. The van der Waals surface area contributed by atoms with E-state index in [-0.39, 0.29) is 25.5 Å². The van der Waals surface area contributed by atoms with Crippen LogP contribution in [0.3, 0.4) is 0 Å². The summed E-state index contributed by atoms with van der Waals surface area (Å²) in [5.74, 6) is -1.49. The molecule has 7 nitrogen and oxygen atoms in total. The number of carbonyl (C=O) groups excluding carboxylic acids is 1. The molecule has 10 heteroatoms. The van der Waals surface area contributed by atoms with Crippen LogP contribution in [-0.4, -0.2) is 35.7 Å². The monoisotopic (exact) mass is 725 g/mol. The smallest absolute Gasteiger partial charge is 0.266 e. The molecule has 0 aromatic heterocycles. The molecule has 5 aromatic carbocycles. The van der Waals surface area contributed by atoms with Crippen molar-refractivity contribution in [2.75, 3.05) is 13.2 Å². The van der Waals surface area contributed by atoms with Crippen LogP contribution in [0.15, 0.2) is 131 Å². The van der Waals surface area contributed by atoms with Crippen molar-refractivity contribution in [1.82, 2.24) is 10.9 Å². The molecule has 5 aromatic rings. The molecule has 1 heterocycles. The first-order valence-electron chi connectivity index (χ1n) is 15.8. The summed E-state index contributed by atoms with van der Waals surface area (Å²) in [5, 5.41) is 9.09. The number of carbonyl (C=O) groups is 1. The first-order chi connectivity index (χ1) is 23.9. The van der Waals surface area contributed by atoms with Gasteiger partial charge in [-0.05, 0) is 70.3 Å². The molecule has 0 aliphatic carbocycles. The number of aliphatic hydroxyl groups is 1. The highest BCUT2D eigenvalue weighted by molar-refractivity contribution is 9.10. The number of hydrazine groups is 1. The van der Waals surface area contributed by atoms with Crippen LogP contribution < -0.4 is 15.6 Å². The number of amides is 1. The summed E-state index contributed by atoms with van der Waals surface area (Å²) in [5.41, 5.74) is 8.91. The van der Waals surface area contributed by atoms with Crippen molar-refractivity contribution in [3.05, 3.63) is 160 Å². The Kier molecular flexibility index (Phi) is 10.8. The largest absolute Gasteiger partial charge is 0.494 e. The van der Waals surface area contributed by atoms with E-state index in [1.165, 1.54) is 6.07 Å². The summed E-state index contributed by atoms with van der Waals surface area (Å²) in [6, 6.07) is 36.3. The molecule has 3 N–H and O–H groups in total. The molecule has 49 heavy (non-hydrogen) atoms. The molecule has 1 aliphatic rings. The number of hydrogen-bond acceptors (Lipinski definition) is 6. The minimum absolute atomic E-state index is 0.0355. The number of nitrogens with one attached hydrogen (secondary N) is 2. The second-order valence-corrected chi connectivity index (χ2v) is 12.5. The third-order valence-corrected chi connectivity index (χ3v) is 9.02. The van der Waals surface area contributed by atoms with Gasteiger partial charge >= 0.3 is 0 Å². The van der Waals surface area contributed by atoms with E-state index in [0.29, 0.717) is 29.9 Å². The fourth-order valence-corrected chi connectivity index (χ4v) is 6.10. The van der Waals surface area contributed by atoms with Gasteiger partial charge in [0.1, 0.15) is 5.75 Å². The van der Waals surface area contributed by atoms with Crippen LogP contribution in [0.25, 0.3) is 11.1 Å². The quantitative estimate of drug-likeness (QED) is 0.0866. The van der Waals surface area contributed by atoms with Crippen LogP contribution in [-0.2, 0) is 22.5 Å². The van der Waals surface area contributed by atoms with Gasteiger partial charge in [0.2, 0.25) is 5.90 Å². The zero-order chi connectivity index (χ0) is 34.2. The van der Waals surface area contributed by atoms with Gasteiger partial charge in [0.25, 0.3) is 5.91 Å². The van der Waals surface area contributed by atoms with Gasteiger partial charge in [-0.1, -0.05) is 94.8 Å². The van der Waals surface area contributed by atoms with Crippen molar-refractivity contribution < 1.29 is 28.2 Å². The van der Waals surface area contributed by atoms with Crippen molar-refractivity contribution in [2.45, 2.75) is 31.0 Å². The Labute approximate surface area is 291 Å². The number of aliphatic imine (C=N–C) groups is 1. The lowest BCUT2D eigenvalue weighted by Crippen LogP contribution is -2.53. The second-order valence-electron chi connectivity index (χ2n) is 11.6.